The molecule has 0 atom stereocenters. The van der Waals surface area contributed by atoms with Crippen molar-refractivity contribution < 1.29 is 18.0 Å². The molecule has 1 saturated heterocycles. The van der Waals surface area contributed by atoms with Crippen LogP contribution in [0.4, 0.5) is 18.9 Å². The molecular formula is C15H8ClF3N2OS2. The minimum Gasteiger partial charge on any atom is -0.300 e. The highest BCUT2D eigenvalue weighted by atomic mass is 35.5. The maximum absolute atomic E-state index is 12.8. The van der Waals surface area contributed by atoms with Crippen molar-refractivity contribution in [3.05, 3.63) is 56.1 Å². The number of thiophene rings is 1. The fourth-order valence-corrected chi connectivity index (χ4v) is 3.58. The lowest BCUT2D eigenvalue weighted by Crippen LogP contribution is -2.19. The molecule has 1 fully saturated rings. The Kier molecular flexibility index (Phi) is 4.71. The molecule has 2 aromatic rings. The maximum Gasteiger partial charge on any atom is 0.416 e. The number of nitrogens with one attached hydrogen (secondary N) is 1. The van der Waals surface area contributed by atoms with Gasteiger partial charge in [-0.15, -0.1) is 11.3 Å². The molecule has 9 heteroatoms. The van der Waals surface area contributed by atoms with Crippen LogP contribution in [-0.2, 0) is 11.0 Å². The molecule has 1 aliphatic rings. The second-order valence-corrected chi connectivity index (χ2v) is 7.08. The van der Waals surface area contributed by atoms with Gasteiger partial charge in [-0.25, -0.2) is 4.99 Å². The first-order valence-corrected chi connectivity index (χ1v) is 8.60. The Morgan fingerprint density at radius 3 is 2.71 bits per heavy atom. The van der Waals surface area contributed by atoms with E-state index in [1.54, 1.807) is 6.08 Å². The molecule has 2 heterocycles. The summed E-state index contributed by atoms with van der Waals surface area (Å²) >= 11 is 8.42. The predicted octanol–water partition coefficient (Wildman–Crippen LogP) is 5.31. The van der Waals surface area contributed by atoms with Crippen LogP contribution in [0.2, 0.25) is 5.02 Å². The molecule has 0 bridgehead atoms. The highest BCUT2D eigenvalue weighted by molar-refractivity contribution is 8.18. The van der Waals surface area contributed by atoms with Crippen molar-refractivity contribution in [2.75, 3.05) is 0 Å². The van der Waals surface area contributed by atoms with E-state index < -0.39 is 11.7 Å². The van der Waals surface area contributed by atoms with Crippen LogP contribution in [-0.4, -0.2) is 11.1 Å². The Labute approximate surface area is 148 Å². The van der Waals surface area contributed by atoms with E-state index in [1.165, 1.54) is 11.3 Å². The van der Waals surface area contributed by atoms with Gasteiger partial charge in [-0.1, -0.05) is 17.7 Å². The van der Waals surface area contributed by atoms with Crippen molar-refractivity contribution >= 4 is 57.5 Å². The van der Waals surface area contributed by atoms with Gasteiger partial charge >= 0.3 is 6.18 Å². The van der Waals surface area contributed by atoms with Gasteiger partial charge in [-0.2, -0.15) is 13.2 Å². The van der Waals surface area contributed by atoms with Crippen LogP contribution in [0.3, 0.4) is 0 Å². The zero-order valence-corrected chi connectivity index (χ0v) is 14.1. The van der Waals surface area contributed by atoms with Crippen molar-refractivity contribution in [1.29, 1.82) is 0 Å². The quantitative estimate of drug-likeness (QED) is 0.708. The number of nitrogens with zero attached hydrogens (tertiary/aromatic N) is 1. The smallest absolute Gasteiger partial charge is 0.300 e. The van der Waals surface area contributed by atoms with Crippen LogP contribution in [0, 0.1) is 0 Å². The molecular weight excluding hydrogens is 381 g/mol. The summed E-state index contributed by atoms with van der Waals surface area (Å²) < 4.78 is 38.3. The zero-order chi connectivity index (χ0) is 17.3. The first kappa shape index (κ1) is 17.1. The van der Waals surface area contributed by atoms with Crippen LogP contribution in [0.25, 0.3) is 6.08 Å². The van der Waals surface area contributed by atoms with Gasteiger partial charge in [0, 0.05) is 4.88 Å². The number of carbonyl (C=O) groups is 1. The predicted molar refractivity (Wildman–Crippen MR) is 91.6 cm³/mol. The minimum absolute atomic E-state index is 0.0494. The molecule has 1 aliphatic heterocycles. The average molecular weight is 389 g/mol. The second-order valence-electron chi connectivity index (χ2n) is 4.66. The van der Waals surface area contributed by atoms with Crippen molar-refractivity contribution in [3.63, 3.8) is 0 Å². The molecule has 0 saturated carbocycles. The summed E-state index contributed by atoms with van der Waals surface area (Å²) in [6.07, 6.45) is -2.79. The van der Waals surface area contributed by atoms with E-state index >= 15 is 0 Å². The fraction of sp³-hybridized carbons (Fsp3) is 0.0667. The highest BCUT2D eigenvalue weighted by Gasteiger charge is 2.31. The van der Waals surface area contributed by atoms with Gasteiger partial charge in [0.05, 0.1) is 21.2 Å². The fourth-order valence-electron chi connectivity index (χ4n) is 1.87. The number of hydrogen-bond donors (Lipinski definition) is 1. The van der Waals surface area contributed by atoms with Gasteiger partial charge in [-0.3, -0.25) is 4.79 Å². The van der Waals surface area contributed by atoms with Gasteiger partial charge in [0.1, 0.15) is 0 Å². The average Bonchev–Trinajstić information content (AvgIpc) is 3.11. The second kappa shape index (κ2) is 6.62. The lowest BCUT2D eigenvalue weighted by Gasteiger charge is -2.08. The number of hydrogen-bond acceptors (Lipinski definition) is 4. The van der Waals surface area contributed by atoms with E-state index in [1.807, 2.05) is 17.5 Å². The van der Waals surface area contributed by atoms with Crippen molar-refractivity contribution in [1.82, 2.24) is 5.32 Å². The van der Waals surface area contributed by atoms with Gasteiger partial charge in [-0.05, 0) is 47.5 Å². The van der Waals surface area contributed by atoms with E-state index in [9.17, 15) is 18.0 Å². The zero-order valence-electron chi connectivity index (χ0n) is 11.7. The third kappa shape index (κ3) is 3.82. The molecule has 1 amide bonds. The van der Waals surface area contributed by atoms with Gasteiger partial charge in [0.15, 0.2) is 5.17 Å². The maximum atomic E-state index is 12.8. The van der Waals surface area contributed by atoms with E-state index in [0.717, 1.165) is 34.8 Å². The molecule has 3 rings (SSSR count). The number of alkyl halides is 3. The van der Waals surface area contributed by atoms with Crippen molar-refractivity contribution in [3.8, 4) is 0 Å². The normalized spacial score (nSPS) is 18.4. The summed E-state index contributed by atoms with van der Waals surface area (Å²) in [4.78, 5) is 17.3. The molecule has 0 spiro atoms. The third-order valence-corrected chi connectivity index (χ3v) is 5.01. The minimum atomic E-state index is -4.49. The molecule has 1 N–H and O–H groups in total. The summed E-state index contributed by atoms with van der Waals surface area (Å²) in [5.74, 6) is -0.352. The first-order chi connectivity index (χ1) is 11.3. The lowest BCUT2D eigenvalue weighted by molar-refractivity contribution is -0.137. The summed E-state index contributed by atoms with van der Waals surface area (Å²) in [7, 11) is 0. The van der Waals surface area contributed by atoms with Gasteiger partial charge in [0.2, 0.25) is 0 Å². The number of amidine groups is 1. The van der Waals surface area contributed by atoms with Gasteiger partial charge in [0.25, 0.3) is 5.91 Å². The van der Waals surface area contributed by atoms with Crippen LogP contribution in [0.15, 0.2) is 45.6 Å². The number of thioether (sulfide) groups is 1. The molecule has 0 radical (unpaired) electrons. The summed E-state index contributed by atoms with van der Waals surface area (Å²) in [6.45, 7) is 0. The molecule has 3 nitrogen and oxygen atoms in total. The number of benzene rings is 1. The number of carbonyl (C=O) groups excluding carboxylic acids is 1. The number of rotatable bonds is 2. The number of aliphatic imine (C=N–C) groups is 1. The highest BCUT2D eigenvalue weighted by Crippen LogP contribution is 2.36. The van der Waals surface area contributed by atoms with Crippen LogP contribution in [0.1, 0.15) is 10.4 Å². The monoisotopic (exact) mass is 388 g/mol. The SMILES string of the molecule is O=C1NC(=Nc2cc(C(F)(F)F)ccc2Cl)S/C1=C/c1cccs1. The molecule has 24 heavy (non-hydrogen) atoms. The Morgan fingerprint density at radius 1 is 1.25 bits per heavy atom. The van der Waals surface area contributed by atoms with E-state index in [4.69, 9.17) is 11.6 Å². The van der Waals surface area contributed by atoms with Crippen LogP contribution in [0.5, 0.6) is 0 Å². The van der Waals surface area contributed by atoms with Crippen molar-refractivity contribution in [2.45, 2.75) is 6.18 Å². The molecule has 0 unspecified atom stereocenters. The Bertz CT molecular complexity index is 845. The first-order valence-electron chi connectivity index (χ1n) is 6.53. The lowest BCUT2D eigenvalue weighted by atomic mass is 10.2. The molecule has 1 aromatic carbocycles. The topological polar surface area (TPSA) is 41.5 Å². The van der Waals surface area contributed by atoms with Gasteiger partial charge < -0.3 is 5.32 Å². The van der Waals surface area contributed by atoms with E-state index in [0.29, 0.717) is 4.91 Å². The standard InChI is InChI=1S/C15H8ClF3N2OS2/c16-10-4-3-8(15(17,18)19)6-11(10)20-14-21-13(22)12(24-14)7-9-2-1-5-23-9/h1-7H,(H,20,21,22)/b12-7+. The Hall–Kier alpha value is -1.77. The number of amides is 1. The summed E-state index contributed by atoms with van der Waals surface area (Å²) in [5, 5.41) is 4.65. The third-order valence-electron chi connectivity index (χ3n) is 2.96. The Morgan fingerprint density at radius 2 is 2.04 bits per heavy atom. The number of halogens is 4. The van der Waals surface area contributed by atoms with Crippen LogP contribution >= 0.6 is 34.7 Å². The van der Waals surface area contributed by atoms with E-state index in [-0.39, 0.29) is 21.8 Å². The largest absolute Gasteiger partial charge is 0.416 e. The van der Waals surface area contributed by atoms with Crippen molar-refractivity contribution in [2.24, 2.45) is 4.99 Å². The summed E-state index contributed by atoms with van der Waals surface area (Å²) in [6, 6.07) is 6.57. The van der Waals surface area contributed by atoms with Crippen LogP contribution < -0.4 is 5.32 Å². The van der Waals surface area contributed by atoms with E-state index in [2.05, 4.69) is 10.3 Å². The molecule has 124 valence electrons. The Balaban J connectivity index is 1.89. The summed E-state index contributed by atoms with van der Waals surface area (Å²) in [5.41, 5.74) is -0.901. The molecule has 1 aromatic heterocycles. The molecule has 0 aliphatic carbocycles.